The van der Waals surface area contributed by atoms with Crippen LogP contribution in [0.1, 0.15) is 18.4 Å². The molecule has 5 nitrogen and oxygen atoms in total. The van der Waals surface area contributed by atoms with Crippen LogP contribution >= 0.6 is 8.61 Å². The second-order valence-corrected chi connectivity index (χ2v) is 5.55. The molecule has 0 saturated carbocycles. The minimum absolute atomic E-state index is 0.219. The lowest BCUT2D eigenvalue weighted by atomic mass is 9.67. The summed E-state index contributed by atoms with van der Waals surface area (Å²) in [5.41, 5.74) is 0.402. The van der Waals surface area contributed by atoms with Gasteiger partial charge in [0.25, 0.3) is 0 Å². The third-order valence-electron chi connectivity index (χ3n) is 4.07. The van der Waals surface area contributed by atoms with E-state index < -0.39 is 14.0 Å². The first-order valence-corrected chi connectivity index (χ1v) is 7.57. The Morgan fingerprint density at radius 2 is 2.10 bits per heavy atom. The van der Waals surface area contributed by atoms with Crippen molar-refractivity contribution in [3.63, 3.8) is 0 Å². The first kappa shape index (κ1) is 13.1. The van der Waals surface area contributed by atoms with Gasteiger partial charge in [-0.3, -0.25) is 14.9 Å². The van der Waals surface area contributed by atoms with Crippen LogP contribution < -0.4 is 10.4 Å². The van der Waals surface area contributed by atoms with Gasteiger partial charge in [-0.15, -0.1) is 0 Å². The van der Waals surface area contributed by atoms with Gasteiger partial charge in [-0.2, -0.15) is 0 Å². The van der Waals surface area contributed by atoms with Crippen molar-refractivity contribution < 1.29 is 14.2 Å². The molecule has 104 valence electrons. The van der Waals surface area contributed by atoms with Gasteiger partial charge < -0.3 is 9.65 Å². The highest BCUT2D eigenvalue weighted by atomic mass is 31.1. The average molecular weight is 290 g/mol. The SMILES string of the molecule is O=[PH2]Nc1ccccc1C12C=CCCC1C(=O)NC2=O. The summed E-state index contributed by atoms with van der Waals surface area (Å²) in [6, 6.07) is 7.24. The first-order chi connectivity index (χ1) is 9.70. The van der Waals surface area contributed by atoms with Crippen molar-refractivity contribution in [2.45, 2.75) is 18.3 Å². The average Bonchev–Trinajstić information content (AvgIpc) is 2.73. The number of hydrogen-bond donors (Lipinski definition) is 2. The van der Waals surface area contributed by atoms with Crippen molar-refractivity contribution in [3.05, 3.63) is 42.0 Å². The Bertz CT molecular complexity index is 629. The fraction of sp³-hybridized carbons (Fsp3) is 0.286. The molecule has 2 N–H and O–H groups in total. The molecule has 0 spiro atoms. The lowest BCUT2D eigenvalue weighted by molar-refractivity contribution is -0.126. The topological polar surface area (TPSA) is 75.3 Å². The first-order valence-electron chi connectivity index (χ1n) is 6.53. The lowest BCUT2D eigenvalue weighted by Gasteiger charge is -2.32. The van der Waals surface area contributed by atoms with Crippen molar-refractivity contribution in [1.82, 2.24) is 5.32 Å². The molecular weight excluding hydrogens is 275 g/mol. The molecule has 20 heavy (non-hydrogen) atoms. The summed E-state index contributed by atoms with van der Waals surface area (Å²) in [7, 11) is -1.18. The minimum atomic E-state index is -1.18. The number of benzene rings is 1. The Morgan fingerprint density at radius 1 is 1.30 bits per heavy atom. The van der Waals surface area contributed by atoms with Crippen LogP contribution in [0.2, 0.25) is 0 Å². The van der Waals surface area contributed by atoms with Crippen LogP contribution in [0, 0.1) is 5.92 Å². The Hall–Kier alpha value is -1.87. The lowest BCUT2D eigenvalue weighted by Crippen LogP contribution is -2.39. The predicted octanol–water partition coefficient (Wildman–Crippen LogP) is 1.63. The van der Waals surface area contributed by atoms with Crippen LogP contribution in [0.5, 0.6) is 0 Å². The molecule has 1 saturated heterocycles. The van der Waals surface area contributed by atoms with Gasteiger partial charge in [0.05, 0.1) is 5.92 Å². The van der Waals surface area contributed by atoms with Crippen LogP contribution in [0.4, 0.5) is 5.69 Å². The van der Waals surface area contributed by atoms with E-state index in [2.05, 4.69) is 10.4 Å². The van der Waals surface area contributed by atoms with E-state index in [1.807, 2.05) is 30.4 Å². The summed E-state index contributed by atoms with van der Waals surface area (Å²) in [6.07, 6.45) is 5.19. The summed E-state index contributed by atoms with van der Waals surface area (Å²) < 4.78 is 11.0. The molecule has 2 aliphatic rings. The maximum absolute atomic E-state index is 12.4. The van der Waals surface area contributed by atoms with Crippen molar-refractivity contribution in [1.29, 1.82) is 0 Å². The van der Waals surface area contributed by atoms with E-state index in [1.165, 1.54) is 0 Å². The van der Waals surface area contributed by atoms with E-state index in [9.17, 15) is 14.2 Å². The van der Waals surface area contributed by atoms with Gasteiger partial charge in [0, 0.05) is 5.69 Å². The van der Waals surface area contributed by atoms with Gasteiger partial charge in [0.15, 0.2) is 0 Å². The molecule has 0 bridgehead atoms. The summed E-state index contributed by atoms with van der Waals surface area (Å²) in [5.74, 6) is -0.896. The van der Waals surface area contributed by atoms with E-state index in [-0.39, 0.29) is 17.7 Å². The maximum Gasteiger partial charge on any atom is 0.241 e. The molecule has 3 rings (SSSR count). The van der Waals surface area contributed by atoms with Crippen molar-refractivity contribution in [2.75, 3.05) is 5.09 Å². The molecule has 1 aliphatic carbocycles. The van der Waals surface area contributed by atoms with Gasteiger partial charge in [0.2, 0.25) is 11.8 Å². The summed E-state index contributed by atoms with van der Waals surface area (Å²) >= 11 is 0. The number of para-hydroxylation sites is 1. The van der Waals surface area contributed by atoms with E-state index in [0.717, 1.165) is 6.42 Å². The number of allylic oxidation sites excluding steroid dienone is 1. The standard InChI is InChI=1S/C14H15N2O3P/c17-12-10-6-3-4-8-14(10,13(18)15-12)9-5-1-2-7-11(9)16-20-19/h1-2,4-5,7-8,10H,3,6,20H2,(H,16,19)(H,15,17,18). The fourth-order valence-corrected chi connectivity index (χ4v) is 3.56. The second-order valence-electron chi connectivity index (χ2n) is 5.03. The highest BCUT2D eigenvalue weighted by Gasteiger charge is 2.56. The summed E-state index contributed by atoms with van der Waals surface area (Å²) in [6.45, 7) is 0. The van der Waals surface area contributed by atoms with Gasteiger partial charge in [-0.1, -0.05) is 30.4 Å². The third-order valence-corrected chi connectivity index (χ3v) is 4.50. The smallest absolute Gasteiger partial charge is 0.241 e. The van der Waals surface area contributed by atoms with Crippen molar-refractivity contribution in [2.24, 2.45) is 5.92 Å². The third kappa shape index (κ3) is 1.74. The number of imide groups is 1. The highest BCUT2D eigenvalue weighted by Crippen LogP contribution is 2.46. The molecule has 3 unspecified atom stereocenters. The molecule has 1 aliphatic heterocycles. The number of nitrogens with one attached hydrogen (secondary N) is 2. The molecule has 0 radical (unpaired) electrons. The zero-order chi connectivity index (χ0) is 14.2. The van der Waals surface area contributed by atoms with Gasteiger partial charge >= 0.3 is 0 Å². The number of rotatable bonds is 3. The number of hydrogen-bond acceptors (Lipinski definition) is 3. The van der Waals surface area contributed by atoms with Crippen LogP contribution in [-0.4, -0.2) is 11.8 Å². The van der Waals surface area contributed by atoms with E-state index in [1.54, 1.807) is 6.07 Å². The van der Waals surface area contributed by atoms with E-state index in [4.69, 9.17) is 0 Å². The summed E-state index contributed by atoms with van der Waals surface area (Å²) in [5, 5.41) is 5.26. The van der Waals surface area contributed by atoms with Crippen LogP contribution in [0.25, 0.3) is 0 Å². The zero-order valence-corrected chi connectivity index (χ0v) is 11.9. The molecule has 0 aromatic heterocycles. The van der Waals surface area contributed by atoms with Crippen LogP contribution in [-0.2, 0) is 19.6 Å². The Labute approximate surface area is 117 Å². The van der Waals surface area contributed by atoms with Gasteiger partial charge in [0.1, 0.15) is 14.0 Å². The predicted molar refractivity (Wildman–Crippen MR) is 77.2 cm³/mol. The summed E-state index contributed by atoms with van der Waals surface area (Å²) in [4.78, 5) is 24.4. The molecule has 1 aromatic rings. The number of fused-ring (bicyclic) bond motifs is 1. The number of anilines is 1. The normalized spacial score (nSPS) is 28.7. The van der Waals surface area contributed by atoms with E-state index >= 15 is 0 Å². The maximum atomic E-state index is 12.4. The monoisotopic (exact) mass is 290 g/mol. The van der Waals surface area contributed by atoms with Crippen LogP contribution in [0.15, 0.2) is 36.4 Å². The quantitative estimate of drug-likeness (QED) is 0.504. The molecule has 1 aromatic carbocycles. The largest absolute Gasteiger partial charge is 0.340 e. The Kier molecular flexibility index (Phi) is 3.22. The van der Waals surface area contributed by atoms with Crippen molar-refractivity contribution >= 4 is 26.1 Å². The minimum Gasteiger partial charge on any atom is -0.340 e. The highest BCUT2D eigenvalue weighted by molar-refractivity contribution is 7.25. The number of amides is 2. The van der Waals surface area contributed by atoms with Gasteiger partial charge in [-0.25, -0.2) is 0 Å². The molecule has 1 heterocycles. The number of carbonyl (C=O) groups is 2. The Morgan fingerprint density at radius 3 is 2.90 bits per heavy atom. The van der Waals surface area contributed by atoms with Crippen LogP contribution in [0.3, 0.4) is 0 Å². The molecule has 2 amide bonds. The van der Waals surface area contributed by atoms with E-state index in [0.29, 0.717) is 17.7 Å². The zero-order valence-electron chi connectivity index (χ0n) is 10.8. The van der Waals surface area contributed by atoms with Crippen molar-refractivity contribution in [3.8, 4) is 0 Å². The second kappa shape index (κ2) is 4.91. The molecule has 3 atom stereocenters. The Balaban J connectivity index is 2.22. The fourth-order valence-electron chi connectivity index (χ4n) is 3.18. The number of carbonyl (C=O) groups excluding carboxylic acids is 2. The molecule has 1 fully saturated rings. The molecular formula is C14H15N2O3P. The molecule has 6 heteroatoms. The van der Waals surface area contributed by atoms with Gasteiger partial charge in [-0.05, 0) is 24.5 Å².